The lowest BCUT2D eigenvalue weighted by Crippen LogP contribution is -2.10. The lowest BCUT2D eigenvalue weighted by molar-refractivity contribution is -0.145. The van der Waals surface area contributed by atoms with Gasteiger partial charge in [-0.2, -0.15) is 52.7 Å². The number of benzene rings is 2. The molecule has 0 aliphatic heterocycles. The van der Waals surface area contributed by atoms with Crippen molar-refractivity contribution in [2.45, 2.75) is 34.5 Å². The first-order valence-corrected chi connectivity index (χ1v) is 8.07. The smallest absolute Gasteiger partial charge is 0.166 e. The van der Waals surface area contributed by atoms with Crippen molar-refractivity contribution in [2.75, 3.05) is 0 Å². The lowest BCUT2D eigenvalue weighted by atomic mass is 10.1. The van der Waals surface area contributed by atoms with Gasteiger partial charge in [0.05, 0.1) is 22.3 Å². The lowest BCUT2D eigenvalue weighted by Gasteiger charge is -2.12. The van der Waals surface area contributed by atoms with E-state index in [0.717, 1.165) is 0 Å². The molecule has 0 bridgehead atoms. The molecule has 0 aliphatic carbocycles. The topological polar surface area (TPSA) is 0 Å². The van der Waals surface area contributed by atoms with Crippen LogP contribution in [0.3, 0.4) is 0 Å². The van der Waals surface area contributed by atoms with E-state index in [4.69, 9.17) is 0 Å². The molecule has 0 radical (unpaired) electrons. The zero-order valence-corrected chi connectivity index (χ0v) is 15.7. The first kappa shape index (κ1) is 26.3. The van der Waals surface area contributed by atoms with Gasteiger partial charge in [0, 0.05) is 9.79 Å². The summed E-state index contributed by atoms with van der Waals surface area (Å²) in [5.74, 6) is 0. The summed E-state index contributed by atoms with van der Waals surface area (Å²) < 4.78 is 146. The van der Waals surface area contributed by atoms with E-state index in [1.54, 1.807) is 0 Å². The second-order valence-electron chi connectivity index (χ2n) is 5.53. The van der Waals surface area contributed by atoms with Crippen molar-refractivity contribution in [3.05, 3.63) is 58.7 Å². The molecule has 0 fully saturated rings. The van der Waals surface area contributed by atoms with Crippen molar-refractivity contribution in [1.82, 2.24) is 0 Å². The molecule has 168 valence electrons. The third-order valence-corrected chi connectivity index (χ3v) is 3.66. The number of alkyl halides is 12. The maximum atomic E-state index is 12.1. The van der Waals surface area contributed by atoms with Gasteiger partial charge in [0.25, 0.3) is 0 Å². The molecule has 14 heteroatoms. The fourth-order valence-electron chi connectivity index (χ4n) is 1.88. The Hall–Kier alpha value is -1.70. The van der Waals surface area contributed by atoms with Crippen molar-refractivity contribution in [3.63, 3.8) is 0 Å². The van der Waals surface area contributed by atoms with E-state index >= 15 is 0 Å². The van der Waals surface area contributed by atoms with Crippen LogP contribution in [0.5, 0.6) is 0 Å². The minimum Gasteiger partial charge on any atom is -0.166 e. The summed E-state index contributed by atoms with van der Waals surface area (Å²) in [5, 5.41) is 0. The molecule has 0 unspecified atom stereocenters. The molecule has 2 aromatic rings. The fourth-order valence-corrected chi connectivity index (χ4v) is 2.43. The molecule has 0 spiro atoms. The summed E-state index contributed by atoms with van der Waals surface area (Å²) in [7, 11) is 0. The molecular weight excluding hydrogens is 484 g/mol. The summed E-state index contributed by atoms with van der Waals surface area (Å²) in [5.41, 5.74) is -5.44. The standard InChI is InChI=1S/2C8H4F6S/c2*9-7(10,11)4-1-5(8(12,13)14)3-6(15)2-4/h2*1-3,15H. The van der Waals surface area contributed by atoms with Crippen LogP contribution in [0.2, 0.25) is 0 Å². The zero-order chi connectivity index (χ0) is 23.7. The molecule has 0 nitrogen and oxygen atoms in total. The van der Waals surface area contributed by atoms with E-state index in [2.05, 4.69) is 25.3 Å². The Balaban J connectivity index is 0.000000300. The second kappa shape index (κ2) is 8.81. The third-order valence-electron chi connectivity index (χ3n) is 3.14. The van der Waals surface area contributed by atoms with Gasteiger partial charge in [0.15, 0.2) is 0 Å². The Bertz CT molecular complexity index is 738. The summed E-state index contributed by atoms with van der Waals surface area (Å²) in [6, 6.07) is 2.27. The third kappa shape index (κ3) is 7.85. The predicted molar refractivity (Wildman–Crippen MR) is 87.4 cm³/mol. The number of hydrogen-bond acceptors (Lipinski definition) is 2. The monoisotopic (exact) mass is 492 g/mol. The Kier molecular flexibility index (Phi) is 7.73. The van der Waals surface area contributed by atoms with Gasteiger partial charge in [-0.15, -0.1) is 25.3 Å². The number of thiol groups is 2. The van der Waals surface area contributed by atoms with E-state index in [-0.39, 0.29) is 21.9 Å². The van der Waals surface area contributed by atoms with Crippen molar-refractivity contribution < 1.29 is 52.7 Å². The van der Waals surface area contributed by atoms with Crippen molar-refractivity contribution >= 4 is 25.3 Å². The number of rotatable bonds is 0. The van der Waals surface area contributed by atoms with Crippen LogP contribution in [0, 0.1) is 0 Å². The fraction of sp³-hybridized carbons (Fsp3) is 0.250. The van der Waals surface area contributed by atoms with Crippen LogP contribution in [0.1, 0.15) is 22.3 Å². The van der Waals surface area contributed by atoms with Gasteiger partial charge in [-0.3, -0.25) is 0 Å². The van der Waals surface area contributed by atoms with Crippen molar-refractivity contribution in [3.8, 4) is 0 Å². The molecule has 0 aliphatic rings. The minimum absolute atomic E-state index is 0.0553. The van der Waals surface area contributed by atoms with Gasteiger partial charge in [0.2, 0.25) is 0 Å². The maximum absolute atomic E-state index is 12.1. The molecule has 2 aromatic carbocycles. The molecule has 0 heterocycles. The maximum Gasteiger partial charge on any atom is 0.416 e. The van der Waals surface area contributed by atoms with Crippen LogP contribution in [0.15, 0.2) is 46.2 Å². The van der Waals surface area contributed by atoms with Crippen LogP contribution in [0.4, 0.5) is 52.7 Å². The van der Waals surface area contributed by atoms with Crippen molar-refractivity contribution in [2.24, 2.45) is 0 Å². The van der Waals surface area contributed by atoms with E-state index in [1.165, 1.54) is 0 Å². The van der Waals surface area contributed by atoms with Gasteiger partial charge in [-0.25, -0.2) is 0 Å². The van der Waals surface area contributed by atoms with Crippen molar-refractivity contribution in [1.29, 1.82) is 0 Å². The van der Waals surface area contributed by atoms with Gasteiger partial charge in [0.1, 0.15) is 0 Å². The van der Waals surface area contributed by atoms with Crippen LogP contribution < -0.4 is 0 Å². The Labute approximate surface area is 171 Å². The Morgan fingerprint density at radius 3 is 0.667 bits per heavy atom. The highest BCUT2D eigenvalue weighted by molar-refractivity contribution is 7.80. The molecule has 0 N–H and O–H groups in total. The van der Waals surface area contributed by atoms with Crippen LogP contribution in [-0.2, 0) is 24.7 Å². The normalized spacial score (nSPS) is 13.0. The quantitative estimate of drug-likeness (QED) is 0.270. The molecule has 0 aromatic heterocycles. The van der Waals surface area contributed by atoms with Gasteiger partial charge >= 0.3 is 24.7 Å². The van der Waals surface area contributed by atoms with Crippen LogP contribution in [0.25, 0.3) is 0 Å². The van der Waals surface area contributed by atoms with Crippen LogP contribution in [-0.4, -0.2) is 0 Å². The van der Waals surface area contributed by atoms with Gasteiger partial charge < -0.3 is 0 Å². The molecular formula is C16H8F12S2. The first-order chi connectivity index (χ1) is 13.2. The highest BCUT2D eigenvalue weighted by Crippen LogP contribution is 2.38. The average Bonchev–Trinajstić information content (AvgIpc) is 2.51. The van der Waals surface area contributed by atoms with Gasteiger partial charge in [-0.05, 0) is 36.4 Å². The molecule has 0 amide bonds. The molecule has 30 heavy (non-hydrogen) atoms. The van der Waals surface area contributed by atoms with Gasteiger partial charge in [-0.1, -0.05) is 0 Å². The highest BCUT2D eigenvalue weighted by Gasteiger charge is 2.37. The van der Waals surface area contributed by atoms with E-state index in [9.17, 15) is 52.7 Å². The summed E-state index contributed by atoms with van der Waals surface area (Å²) in [6.07, 6.45) is -19.2. The number of hydrogen-bond donors (Lipinski definition) is 2. The van der Waals surface area contributed by atoms with Crippen LogP contribution >= 0.6 is 25.3 Å². The molecule has 2 rings (SSSR count). The SMILES string of the molecule is FC(F)(F)c1cc(S)cc(C(F)(F)F)c1.FC(F)(F)c1cc(S)cc(C(F)(F)F)c1. The first-order valence-electron chi connectivity index (χ1n) is 7.18. The highest BCUT2D eigenvalue weighted by atomic mass is 32.1. The number of halogens is 12. The predicted octanol–water partition coefficient (Wildman–Crippen LogP) is 8.03. The summed E-state index contributed by atoms with van der Waals surface area (Å²) >= 11 is 6.98. The second-order valence-corrected chi connectivity index (χ2v) is 6.56. The molecule has 0 atom stereocenters. The summed E-state index contributed by atoms with van der Waals surface area (Å²) in [6.45, 7) is 0. The Morgan fingerprint density at radius 2 is 0.533 bits per heavy atom. The average molecular weight is 492 g/mol. The zero-order valence-electron chi connectivity index (χ0n) is 13.9. The van der Waals surface area contributed by atoms with E-state index in [0.29, 0.717) is 24.3 Å². The minimum atomic E-state index is -4.81. The molecule has 0 saturated carbocycles. The largest absolute Gasteiger partial charge is 0.416 e. The Morgan fingerprint density at radius 1 is 0.367 bits per heavy atom. The van der Waals surface area contributed by atoms with E-state index < -0.39 is 47.0 Å². The van der Waals surface area contributed by atoms with E-state index in [1.807, 2.05) is 0 Å². The molecule has 0 saturated heterocycles. The summed E-state index contributed by atoms with van der Waals surface area (Å²) in [4.78, 5) is -0.755.